The number of rotatable bonds is 4. The molecule has 1 heterocycles. The van der Waals surface area contributed by atoms with Gasteiger partial charge in [-0.05, 0) is 19.1 Å². The Hall–Kier alpha value is -2.81. The van der Waals surface area contributed by atoms with Crippen LogP contribution >= 0.6 is 0 Å². The minimum atomic E-state index is -1.03. The number of nitrogen functional groups attached to an aromatic ring is 1. The van der Waals surface area contributed by atoms with Gasteiger partial charge in [-0.2, -0.15) is 4.98 Å². The molecule has 0 atom stereocenters. The average molecular weight is 296 g/mol. The molecule has 21 heavy (non-hydrogen) atoms. The highest BCUT2D eigenvalue weighted by Gasteiger charge is 2.15. The van der Waals surface area contributed by atoms with Crippen LogP contribution in [0.3, 0.4) is 0 Å². The van der Waals surface area contributed by atoms with Crippen molar-refractivity contribution in [2.75, 3.05) is 5.43 Å². The Morgan fingerprint density at radius 2 is 2.05 bits per heavy atom. The third-order valence-corrected chi connectivity index (χ3v) is 2.61. The molecule has 0 radical (unpaired) electrons. The van der Waals surface area contributed by atoms with Gasteiger partial charge in [-0.3, -0.25) is 10.1 Å². The number of nitrogens with two attached hydrogens (primary N) is 1. The molecule has 0 saturated heterocycles. The van der Waals surface area contributed by atoms with Crippen LogP contribution in [0.1, 0.15) is 5.56 Å². The zero-order valence-corrected chi connectivity index (χ0v) is 10.8. The predicted octanol–water partition coefficient (Wildman–Crippen LogP) is 2.65. The molecular weight excluding hydrogens is 286 g/mol. The van der Waals surface area contributed by atoms with Gasteiger partial charge in [0.2, 0.25) is 0 Å². The summed E-state index contributed by atoms with van der Waals surface area (Å²) in [5, 5.41) is 10.7. The fourth-order valence-electron chi connectivity index (χ4n) is 1.63. The second-order valence-corrected chi connectivity index (χ2v) is 4.06. The number of halogens is 2. The topological polar surface area (TPSA) is 103 Å². The highest BCUT2D eigenvalue weighted by atomic mass is 19.1. The Labute approximate surface area is 117 Å². The van der Waals surface area contributed by atoms with Crippen molar-refractivity contribution in [1.82, 2.24) is 4.98 Å². The van der Waals surface area contributed by atoms with E-state index in [9.17, 15) is 18.9 Å². The van der Waals surface area contributed by atoms with Crippen LogP contribution in [0.5, 0.6) is 11.6 Å². The highest BCUT2D eigenvalue weighted by molar-refractivity contribution is 5.46. The Morgan fingerprint density at radius 3 is 2.62 bits per heavy atom. The van der Waals surface area contributed by atoms with Crippen molar-refractivity contribution < 1.29 is 18.4 Å². The van der Waals surface area contributed by atoms with Gasteiger partial charge in [-0.25, -0.2) is 14.6 Å². The van der Waals surface area contributed by atoms with E-state index in [2.05, 4.69) is 4.98 Å². The predicted molar refractivity (Wildman–Crippen MR) is 69.9 cm³/mol. The zero-order valence-electron chi connectivity index (χ0n) is 10.8. The third-order valence-electron chi connectivity index (χ3n) is 2.61. The number of nitrogens with zero attached hydrogens (tertiary/aromatic N) is 2. The maximum Gasteiger partial charge on any atom is 0.272 e. The lowest BCUT2D eigenvalue weighted by Crippen LogP contribution is -2.11. The van der Waals surface area contributed by atoms with Crippen molar-refractivity contribution in [3.05, 3.63) is 51.6 Å². The number of nitrogens with one attached hydrogen (secondary N) is 1. The molecule has 2 aromatic rings. The Morgan fingerprint density at radius 1 is 1.33 bits per heavy atom. The van der Waals surface area contributed by atoms with Gasteiger partial charge < -0.3 is 10.2 Å². The van der Waals surface area contributed by atoms with Gasteiger partial charge in [-0.1, -0.05) is 0 Å². The average Bonchev–Trinajstić information content (AvgIpc) is 2.41. The molecule has 2 rings (SSSR count). The van der Waals surface area contributed by atoms with E-state index in [-0.39, 0.29) is 17.3 Å². The van der Waals surface area contributed by atoms with E-state index < -0.39 is 22.4 Å². The molecule has 7 nitrogen and oxygen atoms in total. The molecular formula is C12H10F2N4O3. The van der Waals surface area contributed by atoms with Crippen molar-refractivity contribution >= 4 is 11.5 Å². The molecule has 0 bridgehead atoms. The first-order valence-electron chi connectivity index (χ1n) is 5.68. The van der Waals surface area contributed by atoms with Crippen molar-refractivity contribution in [3.8, 4) is 11.6 Å². The summed E-state index contributed by atoms with van der Waals surface area (Å²) in [6, 6.07) is 4.41. The number of hydrazine groups is 1. The molecule has 0 aliphatic heterocycles. The highest BCUT2D eigenvalue weighted by Crippen LogP contribution is 2.29. The summed E-state index contributed by atoms with van der Waals surface area (Å²) < 4.78 is 31.9. The molecule has 0 spiro atoms. The Kier molecular flexibility index (Phi) is 3.94. The van der Waals surface area contributed by atoms with Crippen LogP contribution in [-0.2, 0) is 0 Å². The van der Waals surface area contributed by atoms with Gasteiger partial charge in [-0.15, -0.1) is 0 Å². The van der Waals surface area contributed by atoms with E-state index in [0.29, 0.717) is 11.6 Å². The molecule has 0 unspecified atom stereocenters. The minimum Gasteiger partial charge on any atom is -0.436 e. The summed E-state index contributed by atoms with van der Waals surface area (Å²) >= 11 is 0. The monoisotopic (exact) mass is 296 g/mol. The fourth-order valence-corrected chi connectivity index (χ4v) is 1.63. The lowest BCUT2D eigenvalue weighted by atomic mass is 10.2. The van der Waals surface area contributed by atoms with E-state index in [1.54, 1.807) is 0 Å². The summed E-state index contributed by atoms with van der Waals surface area (Å²) in [5.41, 5.74) is 2.19. The van der Waals surface area contributed by atoms with Crippen molar-refractivity contribution in [3.63, 3.8) is 0 Å². The van der Waals surface area contributed by atoms with Crippen molar-refractivity contribution in [2.24, 2.45) is 5.84 Å². The first kappa shape index (κ1) is 14.6. The number of aryl methyl sites for hydroxylation is 1. The molecule has 1 aromatic carbocycles. The van der Waals surface area contributed by atoms with Crippen molar-refractivity contribution in [1.29, 1.82) is 0 Å². The van der Waals surface area contributed by atoms with E-state index >= 15 is 0 Å². The van der Waals surface area contributed by atoms with Gasteiger partial charge in [0.15, 0.2) is 17.5 Å². The molecule has 110 valence electrons. The standard InChI is InChI=1S/C12H10F2N4O3/c1-6-4-7(2-3-10(6)18(19)20)21-12-9(14)5-8(13)11(16-12)17-15/h2-5H,15H2,1H3,(H,16,17). The number of ether oxygens (including phenoxy) is 1. The zero-order chi connectivity index (χ0) is 15.6. The number of nitro groups is 1. The van der Waals surface area contributed by atoms with Crippen LogP contribution in [-0.4, -0.2) is 9.91 Å². The Bertz CT molecular complexity index is 709. The summed E-state index contributed by atoms with van der Waals surface area (Å²) in [6.07, 6.45) is 0. The second kappa shape index (κ2) is 5.67. The lowest BCUT2D eigenvalue weighted by molar-refractivity contribution is -0.385. The van der Waals surface area contributed by atoms with Crippen LogP contribution in [0.4, 0.5) is 20.3 Å². The number of anilines is 1. The van der Waals surface area contributed by atoms with E-state index in [4.69, 9.17) is 10.6 Å². The molecule has 0 amide bonds. The lowest BCUT2D eigenvalue weighted by Gasteiger charge is -2.09. The Balaban J connectivity index is 2.34. The largest absolute Gasteiger partial charge is 0.436 e. The number of hydrogen-bond acceptors (Lipinski definition) is 6. The number of aromatic nitrogens is 1. The van der Waals surface area contributed by atoms with Crippen LogP contribution in [0, 0.1) is 28.7 Å². The first-order valence-corrected chi connectivity index (χ1v) is 5.68. The maximum atomic E-state index is 13.6. The number of hydrogen-bond donors (Lipinski definition) is 2. The van der Waals surface area contributed by atoms with Crippen LogP contribution in [0.2, 0.25) is 0 Å². The molecule has 1 aromatic heterocycles. The summed E-state index contributed by atoms with van der Waals surface area (Å²) in [5.74, 6) is 2.28. The SMILES string of the molecule is Cc1cc(Oc2nc(NN)c(F)cc2F)ccc1[N+](=O)[O-]. The van der Waals surface area contributed by atoms with Gasteiger partial charge in [0.05, 0.1) is 4.92 Å². The second-order valence-electron chi connectivity index (χ2n) is 4.06. The fraction of sp³-hybridized carbons (Fsp3) is 0.0833. The van der Waals surface area contributed by atoms with Crippen molar-refractivity contribution in [2.45, 2.75) is 6.92 Å². The normalized spacial score (nSPS) is 10.3. The van der Waals surface area contributed by atoms with Crippen LogP contribution < -0.4 is 16.0 Å². The summed E-state index contributed by atoms with van der Waals surface area (Å²) in [6.45, 7) is 1.51. The summed E-state index contributed by atoms with van der Waals surface area (Å²) in [4.78, 5) is 13.7. The van der Waals surface area contributed by atoms with Crippen LogP contribution in [0.15, 0.2) is 24.3 Å². The molecule has 0 aliphatic rings. The van der Waals surface area contributed by atoms with E-state index in [0.717, 1.165) is 0 Å². The maximum absolute atomic E-state index is 13.6. The van der Waals surface area contributed by atoms with Gasteiger partial charge in [0.1, 0.15) is 5.75 Å². The first-order chi connectivity index (χ1) is 9.92. The quantitative estimate of drug-likeness (QED) is 0.510. The third kappa shape index (κ3) is 3.03. The van der Waals surface area contributed by atoms with Crippen LogP contribution in [0.25, 0.3) is 0 Å². The van der Waals surface area contributed by atoms with Gasteiger partial charge in [0, 0.05) is 17.7 Å². The molecule has 0 aliphatic carbocycles. The van der Waals surface area contributed by atoms with E-state index in [1.165, 1.54) is 25.1 Å². The van der Waals surface area contributed by atoms with E-state index in [1.807, 2.05) is 5.43 Å². The summed E-state index contributed by atoms with van der Waals surface area (Å²) in [7, 11) is 0. The molecule has 3 N–H and O–H groups in total. The number of pyridine rings is 1. The smallest absolute Gasteiger partial charge is 0.272 e. The molecule has 0 fully saturated rings. The van der Waals surface area contributed by atoms with Gasteiger partial charge >= 0.3 is 0 Å². The molecule has 0 saturated carbocycles. The number of benzene rings is 1. The minimum absolute atomic E-state index is 0.0980. The van der Waals surface area contributed by atoms with Gasteiger partial charge in [0.25, 0.3) is 11.6 Å². The molecule has 9 heteroatoms. The number of nitro benzene ring substituents is 1.